The summed E-state index contributed by atoms with van der Waals surface area (Å²) in [6.07, 6.45) is -1.61. The first-order chi connectivity index (χ1) is 10.8. The third kappa shape index (κ3) is 5.03. The van der Waals surface area contributed by atoms with Gasteiger partial charge < -0.3 is 35.8 Å². The van der Waals surface area contributed by atoms with Crippen LogP contribution in [0.4, 0.5) is 0 Å². The summed E-state index contributed by atoms with van der Waals surface area (Å²) in [7, 11) is 0. The number of amides is 1. The van der Waals surface area contributed by atoms with E-state index in [2.05, 4.69) is 17.2 Å². The summed E-state index contributed by atoms with van der Waals surface area (Å²) in [5.74, 6) is -2.21. The van der Waals surface area contributed by atoms with Gasteiger partial charge in [0.15, 0.2) is 0 Å². The van der Waals surface area contributed by atoms with Crippen LogP contribution in [0.25, 0.3) is 0 Å². The third-order valence-electron chi connectivity index (χ3n) is 3.33. The topological polar surface area (TPSA) is 148 Å². The minimum absolute atomic E-state index is 0.315. The lowest BCUT2D eigenvalue weighted by molar-refractivity contribution is -0.146. The lowest BCUT2D eigenvalue weighted by Gasteiger charge is -2.40. The summed E-state index contributed by atoms with van der Waals surface area (Å²) in [6.45, 7) is 4.37. The Kier molecular flexibility index (Phi) is 7.17. The Morgan fingerprint density at radius 2 is 2.13 bits per heavy atom. The maximum absolute atomic E-state index is 11.4. The van der Waals surface area contributed by atoms with E-state index in [9.17, 15) is 19.8 Å². The van der Waals surface area contributed by atoms with Crippen molar-refractivity contribution in [1.82, 2.24) is 10.6 Å². The van der Waals surface area contributed by atoms with Gasteiger partial charge in [0, 0.05) is 13.5 Å². The van der Waals surface area contributed by atoms with Crippen molar-refractivity contribution in [3.05, 3.63) is 24.5 Å². The first kappa shape index (κ1) is 19.1. The average molecular weight is 330 g/mol. The van der Waals surface area contributed by atoms with Gasteiger partial charge in [0.1, 0.15) is 18.3 Å². The van der Waals surface area contributed by atoms with Crippen LogP contribution in [0, 0.1) is 0 Å². The van der Waals surface area contributed by atoms with Gasteiger partial charge in [-0.1, -0.05) is 6.08 Å². The lowest BCUT2D eigenvalue weighted by Crippen LogP contribution is -2.63. The van der Waals surface area contributed by atoms with Crippen LogP contribution in [0.1, 0.15) is 6.92 Å². The molecule has 0 aromatic rings. The molecule has 0 spiro atoms. The van der Waals surface area contributed by atoms with E-state index in [-0.39, 0.29) is 0 Å². The Bertz CT molecular complexity index is 480. The molecule has 0 fully saturated rings. The number of rotatable bonds is 8. The number of aliphatic carboxylic acids is 1. The summed E-state index contributed by atoms with van der Waals surface area (Å²) >= 11 is 0. The van der Waals surface area contributed by atoms with Crippen molar-refractivity contribution in [1.29, 1.82) is 0 Å². The Labute approximate surface area is 133 Å². The minimum atomic E-state index is -1.60. The van der Waals surface area contributed by atoms with Gasteiger partial charge in [0.05, 0.1) is 18.7 Å². The molecule has 0 radical (unpaired) electrons. The Balaban J connectivity index is 3.16. The molecule has 1 amide bonds. The third-order valence-corrected chi connectivity index (χ3v) is 3.33. The van der Waals surface area contributed by atoms with Crippen molar-refractivity contribution in [2.75, 3.05) is 13.2 Å². The SMILES string of the molecule is C=CCN[C@H]1C=C(C(=O)O)O[C@@H]([C@@H](O)[C@H](O)CO)[C@@H]1NC(C)=O. The van der Waals surface area contributed by atoms with Crippen molar-refractivity contribution < 1.29 is 34.8 Å². The van der Waals surface area contributed by atoms with Crippen LogP contribution < -0.4 is 10.6 Å². The van der Waals surface area contributed by atoms with E-state index < -0.39 is 54.6 Å². The zero-order valence-electron chi connectivity index (χ0n) is 12.7. The molecular weight excluding hydrogens is 308 g/mol. The maximum Gasteiger partial charge on any atom is 0.370 e. The molecule has 9 heteroatoms. The number of hydrogen-bond donors (Lipinski definition) is 6. The van der Waals surface area contributed by atoms with Crippen LogP contribution >= 0.6 is 0 Å². The van der Waals surface area contributed by atoms with Gasteiger partial charge >= 0.3 is 5.97 Å². The summed E-state index contributed by atoms with van der Waals surface area (Å²) in [5.41, 5.74) is 0. The Morgan fingerprint density at radius 3 is 2.61 bits per heavy atom. The molecule has 1 aliphatic heterocycles. The highest BCUT2D eigenvalue weighted by Gasteiger charge is 2.43. The van der Waals surface area contributed by atoms with E-state index in [1.807, 2.05) is 0 Å². The van der Waals surface area contributed by atoms with E-state index in [1.165, 1.54) is 13.0 Å². The van der Waals surface area contributed by atoms with Crippen molar-refractivity contribution >= 4 is 11.9 Å². The number of nitrogens with one attached hydrogen (secondary N) is 2. The molecule has 0 aromatic carbocycles. The fraction of sp³-hybridized carbons (Fsp3) is 0.571. The summed E-state index contributed by atoms with van der Waals surface area (Å²) < 4.78 is 5.22. The highest BCUT2D eigenvalue weighted by Crippen LogP contribution is 2.23. The van der Waals surface area contributed by atoms with Gasteiger partial charge in [-0.05, 0) is 6.08 Å². The molecule has 0 aliphatic carbocycles. The van der Waals surface area contributed by atoms with E-state index in [0.717, 1.165) is 0 Å². The quantitative estimate of drug-likeness (QED) is 0.273. The molecule has 130 valence electrons. The predicted molar refractivity (Wildman–Crippen MR) is 79.3 cm³/mol. The minimum Gasteiger partial charge on any atom is -0.478 e. The van der Waals surface area contributed by atoms with Gasteiger partial charge in [-0.2, -0.15) is 0 Å². The van der Waals surface area contributed by atoms with Crippen LogP contribution in [0.5, 0.6) is 0 Å². The second-order valence-corrected chi connectivity index (χ2v) is 5.11. The number of ether oxygens (including phenoxy) is 1. The van der Waals surface area contributed by atoms with Crippen LogP contribution in [0.15, 0.2) is 24.5 Å². The molecule has 6 N–H and O–H groups in total. The summed E-state index contributed by atoms with van der Waals surface area (Å²) in [4.78, 5) is 22.6. The molecule has 9 nitrogen and oxygen atoms in total. The van der Waals surface area contributed by atoms with E-state index in [4.69, 9.17) is 14.9 Å². The van der Waals surface area contributed by atoms with Crippen LogP contribution in [0.3, 0.4) is 0 Å². The second kappa shape index (κ2) is 8.63. The largest absolute Gasteiger partial charge is 0.478 e. The Hall–Kier alpha value is -1.94. The fourth-order valence-electron chi connectivity index (χ4n) is 2.27. The van der Waals surface area contributed by atoms with Crippen LogP contribution in [0.2, 0.25) is 0 Å². The smallest absolute Gasteiger partial charge is 0.370 e. The maximum atomic E-state index is 11.4. The number of aliphatic hydroxyl groups excluding tert-OH is 3. The number of carbonyl (C=O) groups excluding carboxylic acids is 1. The highest BCUT2D eigenvalue weighted by molar-refractivity contribution is 5.84. The molecule has 1 heterocycles. The molecule has 5 atom stereocenters. The number of aliphatic hydroxyl groups is 3. The number of carboxylic acids is 1. The predicted octanol–water partition coefficient (Wildman–Crippen LogP) is -2.28. The molecular formula is C14H22N2O7. The molecule has 0 saturated carbocycles. The molecule has 0 bridgehead atoms. The highest BCUT2D eigenvalue weighted by atomic mass is 16.5. The van der Waals surface area contributed by atoms with Gasteiger partial charge in [-0.25, -0.2) is 4.79 Å². The zero-order valence-corrected chi connectivity index (χ0v) is 12.7. The average Bonchev–Trinajstić information content (AvgIpc) is 2.51. The molecule has 23 heavy (non-hydrogen) atoms. The normalized spacial score (nSPS) is 26.4. The van der Waals surface area contributed by atoms with Crippen molar-refractivity contribution in [3.63, 3.8) is 0 Å². The zero-order chi connectivity index (χ0) is 17.6. The number of carboxylic acid groups (broad SMARTS) is 1. The van der Waals surface area contributed by atoms with Gasteiger partial charge in [-0.3, -0.25) is 4.79 Å². The standard InChI is InChI=1S/C14H22N2O7/c1-3-4-15-8-5-10(14(21)22)23-13(11(8)16-7(2)18)12(20)9(19)6-17/h3,5,8-9,11-13,15,17,19-20H,1,4,6H2,2H3,(H,16,18)(H,21,22)/t8-,9+,11+,12-,13+/m0/s1. The molecule has 0 aromatic heterocycles. The second-order valence-electron chi connectivity index (χ2n) is 5.11. The first-order valence-corrected chi connectivity index (χ1v) is 7.02. The van der Waals surface area contributed by atoms with Gasteiger partial charge in [0.25, 0.3) is 0 Å². The van der Waals surface area contributed by atoms with Gasteiger partial charge in [-0.15, -0.1) is 6.58 Å². The monoisotopic (exact) mass is 330 g/mol. The first-order valence-electron chi connectivity index (χ1n) is 7.02. The van der Waals surface area contributed by atoms with E-state index in [0.29, 0.717) is 6.54 Å². The van der Waals surface area contributed by atoms with E-state index >= 15 is 0 Å². The summed E-state index contributed by atoms with van der Waals surface area (Å²) in [6, 6.07) is -1.53. The Morgan fingerprint density at radius 1 is 1.48 bits per heavy atom. The summed E-state index contributed by atoms with van der Waals surface area (Å²) in [5, 5.41) is 43.3. The molecule has 1 aliphatic rings. The van der Waals surface area contributed by atoms with Gasteiger partial charge in [0.2, 0.25) is 11.7 Å². The fourth-order valence-corrected chi connectivity index (χ4v) is 2.27. The van der Waals surface area contributed by atoms with Crippen molar-refractivity contribution in [2.45, 2.75) is 37.3 Å². The number of carbonyl (C=O) groups is 2. The molecule has 0 unspecified atom stereocenters. The lowest BCUT2D eigenvalue weighted by atomic mass is 9.92. The molecule has 0 saturated heterocycles. The van der Waals surface area contributed by atoms with Crippen LogP contribution in [-0.2, 0) is 14.3 Å². The number of hydrogen-bond acceptors (Lipinski definition) is 7. The van der Waals surface area contributed by atoms with Crippen molar-refractivity contribution in [2.24, 2.45) is 0 Å². The molecule has 1 rings (SSSR count). The van der Waals surface area contributed by atoms with E-state index in [1.54, 1.807) is 6.08 Å². The van der Waals surface area contributed by atoms with Crippen molar-refractivity contribution in [3.8, 4) is 0 Å². The van der Waals surface area contributed by atoms with Crippen LogP contribution in [-0.4, -0.2) is 75.8 Å².